The molecule has 41 valence electrons. The molecule has 0 amide bonds. The van der Waals surface area contributed by atoms with Crippen LogP contribution >= 0.6 is 31.9 Å². The van der Waals surface area contributed by atoms with E-state index in [0.29, 0.717) is 0 Å². The summed E-state index contributed by atoms with van der Waals surface area (Å²) >= 11 is 6.37. The summed E-state index contributed by atoms with van der Waals surface area (Å²) in [5, 5.41) is 0. The van der Waals surface area contributed by atoms with Crippen molar-refractivity contribution < 1.29 is 0 Å². The molecular weight excluding hydrogens is 234 g/mol. The first-order chi connectivity index (χ1) is 3.79. The summed E-state index contributed by atoms with van der Waals surface area (Å²) in [5.41, 5.74) is 0. The number of halogens is 2. The van der Waals surface area contributed by atoms with Gasteiger partial charge in [-0.2, -0.15) is 0 Å². The van der Waals surface area contributed by atoms with Crippen molar-refractivity contribution in [2.75, 3.05) is 0 Å². The molecule has 0 atom stereocenters. The van der Waals surface area contributed by atoms with E-state index >= 15 is 0 Å². The number of hydrogen-bond acceptors (Lipinski definition) is 1. The lowest BCUT2D eigenvalue weighted by Crippen LogP contribution is -1.73. The minimum Gasteiger partial charge on any atom is -0.233 e. The van der Waals surface area contributed by atoms with Crippen LogP contribution in [0.2, 0.25) is 0 Å². The van der Waals surface area contributed by atoms with E-state index in [-0.39, 0.29) is 0 Å². The van der Waals surface area contributed by atoms with Crippen molar-refractivity contribution >= 4 is 31.9 Å². The highest BCUT2D eigenvalue weighted by molar-refractivity contribution is 9.11. The van der Waals surface area contributed by atoms with Crippen molar-refractivity contribution in [3.05, 3.63) is 27.4 Å². The maximum Gasteiger partial charge on any atom is 0.115 e. The van der Waals surface area contributed by atoms with E-state index in [1.807, 2.05) is 6.07 Å². The highest BCUT2D eigenvalue weighted by Crippen LogP contribution is 2.09. The molecule has 1 radical (unpaired) electrons. The second kappa shape index (κ2) is 2.60. The molecule has 1 rings (SSSR count). The molecule has 0 saturated heterocycles. The Kier molecular flexibility index (Phi) is 2.02. The van der Waals surface area contributed by atoms with Crippen LogP contribution in [0.5, 0.6) is 0 Å². The second-order valence-electron chi connectivity index (χ2n) is 1.20. The van der Waals surface area contributed by atoms with Gasteiger partial charge in [-0.1, -0.05) is 0 Å². The maximum absolute atomic E-state index is 3.95. The number of aromatic nitrogens is 1. The van der Waals surface area contributed by atoms with E-state index in [2.05, 4.69) is 42.9 Å². The quantitative estimate of drug-likeness (QED) is 0.630. The average molecular weight is 236 g/mol. The molecule has 8 heavy (non-hydrogen) atoms. The monoisotopic (exact) mass is 234 g/mol. The van der Waals surface area contributed by atoms with E-state index in [1.165, 1.54) is 0 Å². The smallest absolute Gasteiger partial charge is 0.115 e. The average Bonchev–Trinajstić information content (AvgIpc) is 1.64. The molecule has 0 fully saturated rings. The van der Waals surface area contributed by atoms with Gasteiger partial charge in [0.25, 0.3) is 0 Å². The lowest BCUT2D eigenvalue weighted by Gasteiger charge is -1.86. The number of rotatable bonds is 0. The van der Waals surface area contributed by atoms with Crippen LogP contribution in [0.1, 0.15) is 0 Å². The van der Waals surface area contributed by atoms with Crippen molar-refractivity contribution in [2.45, 2.75) is 0 Å². The number of hydrogen-bond donors (Lipinski definition) is 0. The van der Waals surface area contributed by atoms with Crippen LogP contribution in [0, 0.1) is 6.07 Å². The molecule has 0 aliphatic heterocycles. The van der Waals surface area contributed by atoms with Gasteiger partial charge in [-0.25, -0.2) is 4.98 Å². The van der Waals surface area contributed by atoms with Crippen LogP contribution in [0.3, 0.4) is 0 Å². The van der Waals surface area contributed by atoms with Crippen LogP contribution in [0.15, 0.2) is 21.3 Å². The zero-order valence-electron chi connectivity index (χ0n) is 3.86. The van der Waals surface area contributed by atoms with Crippen LogP contribution < -0.4 is 0 Å². The second-order valence-corrected chi connectivity index (χ2v) is 2.77. The van der Waals surface area contributed by atoms with Crippen LogP contribution in [0.4, 0.5) is 0 Å². The third kappa shape index (κ3) is 1.56. The molecule has 0 N–H and O–H groups in total. The molecule has 1 heterocycles. The zero-order chi connectivity index (χ0) is 5.98. The molecule has 0 aliphatic carbocycles. The van der Waals surface area contributed by atoms with Gasteiger partial charge in [0, 0.05) is 6.07 Å². The van der Waals surface area contributed by atoms with Crippen LogP contribution in [0.25, 0.3) is 0 Å². The van der Waals surface area contributed by atoms with E-state index in [4.69, 9.17) is 0 Å². The van der Waals surface area contributed by atoms with Gasteiger partial charge >= 0.3 is 0 Å². The third-order valence-electron chi connectivity index (χ3n) is 0.628. The van der Waals surface area contributed by atoms with Gasteiger partial charge in [-0.15, -0.1) is 0 Å². The van der Waals surface area contributed by atoms with E-state index in [1.54, 1.807) is 6.07 Å². The summed E-state index contributed by atoms with van der Waals surface area (Å²) in [5.74, 6) is 0. The Balaban J connectivity index is 3.08. The van der Waals surface area contributed by atoms with E-state index in [9.17, 15) is 0 Å². The third-order valence-corrected chi connectivity index (χ3v) is 1.48. The molecule has 1 aromatic heterocycles. The standard InChI is InChI=1S/C5H2Br2N/c6-4-2-1-3-5(7)8-4/h1-2H. The van der Waals surface area contributed by atoms with Gasteiger partial charge in [0.05, 0.1) is 0 Å². The molecule has 0 saturated carbocycles. The lowest BCUT2D eigenvalue weighted by molar-refractivity contribution is 1.23. The number of pyridine rings is 1. The Morgan fingerprint density at radius 2 is 2.25 bits per heavy atom. The van der Waals surface area contributed by atoms with Gasteiger partial charge in [-0.05, 0) is 44.0 Å². The Bertz CT molecular complexity index is 170. The van der Waals surface area contributed by atoms with Gasteiger partial charge in [0.1, 0.15) is 9.21 Å². The van der Waals surface area contributed by atoms with Gasteiger partial charge < -0.3 is 0 Å². The summed E-state index contributed by atoms with van der Waals surface area (Å²) in [6.45, 7) is 0. The van der Waals surface area contributed by atoms with Crippen molar-refractivity contribution in [2.24, 2.45) is 0 Å². The molecule has 3 heteroatoms. The zero-order valence-corrected chi connectivity index (χ0v) is 7.03. The van der Waals surface area contributed by atoms with Crippen molar-refractivity contribution in [3.63, 3.8) is 0 Å². The largest absolute Gasteiger partial charge is 0.233 e. The molecular formula is C5H2Br2N. The van der Waals surface area contributed by atoms with E-state index in [0.717, 1.165) is 9.21 Å². The van der Waals surface area contributed by atoms with Crippen LogP contribution in [-0.4, -0.2) is 4.98 Å². The molecule has 0 aromatic carbocycles. The fraction of sp³-hybridized carbons (Fsp3) is 0. The summed E-state index contributed by atoms with van der Waals surface area (Å²) in [6.07, 6.45) is 0. The molecule has 1 nitrogen and oxygen atoms in total. The fourth-order valence-corrected chi connectivity index (χ4v) is 1.21. The number of nitrogens with zero attached hydrogens (tertiary/aromatic N) is 1. The Labute approximate surface area is 64.4 Å². The topological polar surface area (TPSA) is 12.9 Å². The summed E-state index contributed by atoms with van der Waals surface area (Å²) < 4.78 is 1.55. The SMILES string of the molecule is Brc1[c]ccc(Br)n1. The predicted molar refractivity (Wildman–Crippen MR) is 38.5 cm³/mol. The van der Waals surface area contributed by atoms with Crippen molar-refractivity contribution in [3.8, 4) is 0 Å². The summed E-state index contributed by atoms with van der Waals surface area (Å²) in [7, 11) is 0. The maximum atomic E-state index is 3.95. The van der Waals surface area contributed by atoms with Crippen molar-refractivity contribution in [1.82, 2.24) is 4.98 Å². The molecule has 0 aliphatic rings. The minimum atomic E-state index is 0.729. The van der Waals surface area contributed by atoms with Gasteiger partial charge in [0.15, 0.2) is 0 Å². The molecule has 0 unspecified atom stereocenters. The first-order valence-corrected chi connectivity index (χ1v) is 3.57. The first-order valence-electron chi connectivity index (χ1n) is 1.99. The minimum absolute atomic E-state index is 0.729. The summed E-state index contributed by atoms with van der Waals surface area (Å²) in [4.78, 5) is 3.95. The highest BCUT2D eigenvalue weighted by Gasteiger charge is 1.86. The summed E-state index contributed by atoms with van der Waals surface area (Å²) in [6, 6.07) is 6.46. The van der Waals surface area contributed by atoms with Crippen molar-refractivity contribution in [1.29, 1.82) is 0 Å². The predicted octanol–water partition coefficient (Wildman–Crippen LogP) is 2.41. The fourth-order valence-electron chi connectivity index (χ4n) is 0.343. The molecule has 1 aromatic rings. The normalized spacial score (nSPS) is 9.25. The molecule has 0 spiro atoms. The molecule has 0 bridgehead atoms. The Morgan fingerprint density at radius 1 is 1.50 bits per heavy atom. The van der Waals surface area contributed by atoms with Gasteiger partial charge in [0.2, 0.25) is 0 Å². The highest BCUT2D eigenvalue weighted by atomic mass is 79.9. The van der Waals surface area contributed by atoms with Gasteiger partial charge in [-0.3, -0.25) is 0 Å². The first kappa shape index (κ1) is 6.23. The Hall–Kier alpha value is 0.110. The Morgan fingerprint density at radius 3 is 2.62 bits per heavy atom. The van der Waals surface area contributed by atoms with E-state index < -0.39 is 0 Å². The lowest BCUT2D eigenvalue weighted by atomic mass is 10.5. The van der Waals surface area contributed by atoms with Crippen LogP contribution in [-0.2, 0) is 0 Å².